The lowest BCUT2D eigenvalue weighted by molar-refractivity contribution is -0.181. The van der Waals surface area contributed by atoms with Crippen LogP contribution in [-0.2, 0) is 35.2 Å². The Labute approximate surface area is 236 Å². The van der Waals surface area contributed by atoms with Gasteiger partial charge in [0.15, 0.2) is 34.7 Å². The van der Waals surface area contributed by atoms with Crippen molar-refractivity contribution in [1.29, 1.82) is 0 Å². The van der Waals surface area contributed by atoms with Crippen LogP contribution >= 0.6 is 0 Å². The zero-order chi connectivity index (χ0) is 30.7. The van der Waals surface area contributed by atoms with Gasteiger partial charge in [0.1, 0.15) is 12.3 Å². The summed E-state index contributed by atoms with van der Waals surface area (Å²) in [5.74, 6) is -12.0. The zero-order valence-corrected chi connectivity index (χ0v) is 23.8. The van der Waals surface area contributed by atoms with Crippen LogP contribution in [0.25, 0.3) is 0 Å². The third-order valence-electron chi connectivity index (χ3n) is 8.47. The van der Waals surface area contributed by atoms with Crippen molar-refractivity contribution < 1.29 is 43.8 Å². The van der Waals surface area contributed by atoms with Crippen LogP contribution < -0.4 is 16.0 Å². The molecule has 1 aromatic carbocycles. The number of ketones is 4. The summed E-state index contributed by atoms with van der Waals surface area (Å²) >= 11 is 0. The summed E-state index contributed by atoms with van der Waals surface area (Å²) in [5, 5.41) is 26.7. The van der Waals surface area contributed by atoms with Gasteiger partial charge in [0.05, 0.1) is 30.3 Å². The SMILES string of the molecule is CON(C)CC(=O)Nc1cc(N(C)C)c2c(c1O)C(=O)C1C(=O)[C@]3(O)C(=O)C(C(N)=O)C(=O)[C@@H](N(C)C)[C@@H]3C[C@@H]1C2. The van der Waals surface area contributed by atoms with Gasteiger partial charge in [-0.1, -0.05) is 0 Å². The van der Waals surface area contributed by atoms with Gasteiger partial charge in [-0.05, 0) is 44.5 Å². The number of hydroxylamine groups is 2. The summed E-state index contributed by atoms with van der Waals surface area (Å²) < 4.78 is 0. The monoisotopic (exact) mass is 573 g/mol. The van der Waals surface area contributed by atoms with Gasteiger partial charge in [-0.2, -0.15) is 5.06 Å². The Morgan fingerprint density at radius 1 is 1.12 bits per heavy atom. The Hall–Kier alpha value is -3.72. The van der Waals surface area contributed by atoms with E-state index in [2.05, 4.69) is 5.32 Å². The van der Waals surface area contributed by atoms with Crippen LogP contribution in [0, 0.1) is 23.7 Å². The number of Topliss-reactive ketones (excluding diaryl/α,β-unsaturated/α-hetero) is 4. The number of primary amides is 1. The molecule has 3 aliphatic carbocycles. The van der Waals surface area contributed by atoms with Crippen molar-refractivity contribution in [3.05, 3.63) is 17.2 Å². The molecule has 2 saturated carbocycles. The van der Waals surface area contributed by atoms with Crippen LogP contribution in [0.2, 0.25) is 0 Å². The largest absolute Gasteiger partial charge is 0.505 e. The first-order valence-electron chi connectivity index (χ1n) is 13.0. The van der Waals surface area contributed by atoms with Gasteiger partial charge in [-0.25, -0.2) is 0 Å². The molecule has 41 heavy (non-hydrogen) atoms. The Morgan fingerprint density at radius 2 is 1.76 bits per heavy atom. The normalized spacial score (nSPS) is 29.2. The molecular weight excluding hydrogens is 538 g/mol. The van der Waals surface area contributed by atoms with Crippen LogP contribution in [-0.4, -0.2) is 116 Å². The standard InChI is InChI=1S/C27H35N5O9/c1-30(2)15-9-14(29-16(33)10-32(5)41-6)21(34)18-12(15)7-11-8-13-20(31(3)4)23(36)19(26(28)39)25(38)27(13,40)24(37)17(11)22(18)35/h9,11,13,17,19-20,34,40H,7-8,10H2,1-6H3,(H2,28,39)(H,29,33)/t11-,13-,17?,19?,20-,27-/m0/s1. The van der Waals surface area contributed by atoms with Crippen molar-refractivity contribution in [1.82, 2.24) is 9.96 Å². The van der Waals surface area contributed by atoms with Crippen molar-refractivity contribution in [2.45, 2.75) is 24.5 Å². The van der Waals surface area contributed by atoms with Crippen LogP contribution in [0.3, 0.4) is 0 Å². The second-order valence-corrected chi connectivity index (χ2v) is 11.3. The maximum atomic E-state index is 14.0. The minimum Gasteiger partial charge on any atom is -0.505 e. The molecule has 0 saturated heterocycles. The quantitative estimate of drug-likeness (QED) is 0.165. The van der Waals surface area contributed by atoms with Crippen LogP contribution in [0.4, 0.5) is 11.4 Å². The molecule has 14 heteroatoms. The molecule has 0 spiro atoms. The van der Waals surface area contributed by atoms with Crippen LogP contribution in [0.5, 0.6) is 5.75 Å². The molecule has 222 valence electrons. The molecule has 0 aromatic heterocycles. The first-order valence-corrected chi connectivity index (χ1v) is 13.0. The van der Waals surface area contributed by atoms with E-state index in [1.54, 1.807) is 19.0 Å². The number of likely N-dealkylation sites (N-methyl/N-ethyl adjacent to an activating group) is 2. The molecular formula is C27H35N5O9. The van der Waals surface area contributed by atoms with E-state index in [0.717, 1.165) is 0 Å². The number of nitrogens with one attached hydrogen (secondary N) is 1. The average molecular weight is 574 g/mol. The lowest BCUT2D eigenvalue weighted by atomic mass is 9.52. The van der Waals surface area contributed by atoms with Crippen molar-refractivity contribution in [3.63, 3.8) is 0 Å². The third-order valence-corrected chi connectivity index (χ3v) is 8.47. The highest BCUT2D eigenvalue weighted by molar-refractivity contribution is 6.32. The van der Waals surface area contributed by atoms with E-state index in [4.69, 9.17) is 10.6 Å². The summed E-state index contributed by atoms with van der Waals surface area (Å²) in [7, 11) is 9.37. The second kappa shape index (κ2) is 10.6. The second-order valence-electron chi connectivity index (χ2n) is 11.3. The van der Waals surface area contributed by atoms with Gasteiger partial charge < -0.3 is 31.0 Å². The zero-order valence-electron chi connectivity index (χ0n) is 23.8. The van der Waals surface area contributed by atoms with E-state index in [-0.39, 0.29) is 30.6 Å². The molecule has 2 fully saturated rings. The van der Waals surface area contributed by atoms with Gasteiger partial charge >= 0.3 is 0 Å². The first-order chi connectivity index (χ1) is 19.1. The topological polar surface area (TPSA) is 200 Å². The molecule has 2 amide bonds. The molecule has 0 heterocycles. The van der Waals surface area contributed by atoms with Gasteiger partial charge in [0, 0.05) is 32.7 Å². The number of carbonyl (C=O) groups is 6. The highest BCUT2D eigenvalue weighted by Gasteiger charge is 2.69. The fourth-order valence-corrected chi connectivity index (χ4v) is 6.60. The molecule has 4 rings (SSSR count). The number of phenolic OH excluding ortho intramolecular Hbond substituents is 1. The van der Waals surface area contributed by atoms with E-state index in [0.29, 0.717) is 11.3 Å². The summed E-state index contributed by atoms with van der Waals surface area (Å²) in [4.78, 5) is 87.3. The Kier molecular flexibility index (Phi) is 7.82. The smallest absolute Gasteiger partial charge is 0.241 e. The van der Waals surface area contributed by atoms with E-state index in [1.165, 1.54) is 44.3 Å². The van der Waals surface area contributed by atoms with Crippen molar-refractivity contribution in [2.24, 2.45) is 29.4 Å². The Balaban J connectivity index is 1.84. The minimum atomic E-state index is -2.81. The Morgan fingerprint density at radius 3 is 2.29 bits per heavy atom. The van der Waals surface area contributed by atoms with Crippen molar-refractivity contribution in [3.8, 4) is 5.75 Å². The summed E-state index contributed by atoms with van der Waals surface area (Å²) in [6.07, 6.45) is 0.0485. The molecule has 0 bridgehead atoms. The predicted octanol–water partition coefficient (Wildman–Crippen LogP) is -1.64. The van der Waals surface area contributed by atoms with Gasteiger partial charge in [0.2, 0.25) is 11.8 Å². The summed E-state index contributed by atoms with van der Waals surface area (Å²) in [6, 6.07) is 0.336. The number of aromatic hydroxyl groups is 1. The van der Waals surface area contributed by atoms with E-state index >= 15 is 0 Å². The number of aliphatic hydroxyl groups is 1. The molecule has 3 aliphatic rings. The first kappa shape index (κ1) is 30.2. The lowest BCUT2D eigenvalue weighted by Crippen LogP contribution is -2.74. The van der Waals surface area contributed by atoms with Crippen LogP contribution in [0.1, 0.15) is 22.3 Å². The van der Waals surface area contributed by atoms with Gasteiger partial charge in [0.25, 0.3) is 0 Å². The number of hydrogen-bond donors (Lipinski definition) is 4. The number of nitrogens with two attached hydrogens (primary N) is 1. The number of amides is 2. The number of hydrogen-bond acceptors (Lipinski definition) is 12. The molecule has 1 aromatic rings. The van der Waals surface area contributed by atoms with E-state index < -0.39 is 76.0 Å². The molecule has 0 radical (unpaired) electrons. The third kappa shape index (κ3) is 4.60. The average Bonchev–Trinajstić information content (AvgIpc) is 2.87. The maximum Gasteiger partial charge on any atom is 0.241 e. The van der Waals surface area contributed by atoms with Gasteiger partial charge in [-0.3, -0.25) is 33.7 Å². The van der Waals surface area contributed by atoms with E-state index in [1.807, 2.05) is 0 Å². The highest BCUT2D eigenvalue weighted by atomic mass is 16.7. The summed E-state index contributed by atoms with van der Waals surface area (Å²) in [5.41, 5.74) is 3.18. The van der Waals surface area contributed by atoms with Crippen molar-refractivity contribution >= 4 is 46.3 Å². The number of carbonyl (C=O) groups excluding carboxylic acids is 6. The molecule has 14 nitrogen and oxygen atoms in total. The number of phenols is 1. The maximum absolute atomic E-state index is 14.0. The fourth-order valence-electron chi connectivity index (χ4n) is 6.60. The summed E-state index contributed by atoms with van der Waals surface area (Å²) in [6.45, 7) is -0.190. The number of rotatable bonds is 7. The highest BCUT2D eigenvalue weighted by Crippen LogP contribution is 2.52. The van der Waals surface area contributed by atoms with Gasteiger partial charge in [-0.15, -0.1) is 0 Å². The minimum absolute atomic E-state index is 0.0562. The number of anilines is 2. The lowest BCUT2D eigenvalue weighted by Gasteiger charge is -2.52. The fraction of sp³-hybridized carbons (Fsp3) is 0.556. The number of fused-ring (bicyclic) bond motifs is 3. The van der Waals surface area contributed by atoms with Crippen LogP contribution in [0.15, 0.2) is 6.07 Å². The number of benzene rings is 1. The molecule has 2 unspecified atom stereocenters. The predicted molar refractivity (Wildman–Crippen MR) is 144 cm³/mol. The van der Waals surface area contributed by atoms with E-state index in [9.17, 15) is 39.0 Å². The molecule has 0 aliphatic heterocycles. The molecule has 5 N–H and O–H groups in total. The molecule has 6 atom stereocenters. The Bertz CT molecular complexity index is 1360. The number of nitrogens with zero attached hydrogens (tertiary/aromatic N) is 3. The van der Waals surface area contributed by atoms with Crippen molar-refractivity contribution in [2.75, 3.05) is 59.1 Å².